The molecule has 2 heterocycles. The topological polar surface area (TPSA) is 97.6 Å². The maximum absolute atomic E-state index is 13.0. The first kappa shape index (κ1) is 19.6. The minimum absolute atomic E-state index is 0.144. The number of aryl methyl sites for hydroxylation is 2. The van der Waals surface area contributed by atoms with Gasteiger partial charge in [0.15, 0.2) is 6.10 Å². The lowest BCUT2D eigenvalue weighted by Crippen LogP contribution is -2.50. The highest BCUT2D eigenvalue weighted by molar-refractivity contribution is 5.97. The van der Waals surface area contributed by atoms with Crippen molar-refractivity contribution in [2.45, 2.75) is 25.9 Å². The third-order valence-electron chi connectivity index (χ3n) is 4.94. The van der Waals surface area contributed by atoms with E-state index in [1.54, 1.807) is 30.1 Å². The number of fused-ring (bicyclic) bond motifs is 1. The summed E-state index contributed by atoms with van der Waals surface area (Å²) in [6.07, 6.45) is -0.281. The first-order valence-electron chi connectivity index (χ1n) is 9.72. The molecule has 1 atom stereocenters. The summed E-state index contributed by atoms with van der Waals surface area (Å²) in [5, 5.41) is 6.57. The maximum atomic E-state index is 13.0. The third kappa shape index (κ3) is 4.03. The van der Waals surface area contributed by atoms with Crippen LogP contribution in [-0.2, 0) is 16.0 Å². The molecule has 0 radical (unpaired) electrons. The molecule has 1 aliphatic heterocycles. The molecule has 1 aromatic heterocycles. The van der Waals surface area contributed by atoms with Crippen molar-refractivity contribution in [1.29, 1.82) is 0 Å². The Morgan fingerprint density at radius 2 is 1.93 bits per heavy atom. The van der Waals surface area contributed by atoms with Gasteiger partial charge in [-0.15, -0.1) is 0 Å². The lowest BCUT2D eigenvalue weighted by molar-refractivity contribution is -0.127. The Morgan fingerprint density at radius 3 is 2.70 bits per heavy atom. The molecule has 1 aliphatic rings. The highest BCUT2D eigenvalue weighted by atomic mass is 16.5. The lowest BCUT2D eigenvalue weighted by Gasteiger charge is -2.34. The summed E-state index contributed by atoms with van der Waals surface area (Å²) in [5.41, 5.74) is 2.65. The van der Waals surface area contributed by atoms with E-state index in [9.17, 15) is 9.59 Å². The second-order valence-corrected chi connectivity index (χ2v) is 7.07. The predicted molar refractivity (Wildman–Crippen MR) is 110 cm³/mol. The van der Waals surface area contributed by atoms with Crippen molar-refractivity contribution in [3.8, 4) is 17.1 Å². The molecule has 2 amide bonds. The number of carbonyl (C=O) groups excluding carboxylic acids is 2. The Kier molecular flexibility index (Phi) is 5.47. The van der Waals surface area contributed by atoms with E-state index in [1.165, 1.54) is 0 Å². The minimum atomic E-state index is -0.759. The number of amides is 2. The second kappa shape index (κ2) is 8.36. The molecule has 0 saturated carbocycles. The zero-order valence-electron chi connectivity index (χ0n) is 16.8. The van der Waals surface area contributed by atoms with E-state index in [4.69, 9.17) is 9.26 Å². The summed E-state index contributed by atoms with van der Waals surface area (Å²) >= 11 is 0. The number of aromatic nitrogens is 2. The Bertz CT molecular complexity index is 1060. The van der Waals surface area contributed by atoms with Crippen molar-refractivity contribution in [1.82, 2.24) is 15.5 Å². The number of carbonyl (C=O) groups is 2. The lowest BCUT2D eigenvalue weighted by atomic mass is 10.1. The molecule has 154 valence electrons. The molecule has 8 nitrogen and oxygen atoms in total. The van der Waals surface area contributed by atoms with E-state index in [0.29, 0.717) is 29.6 Å². The van der Waals surface area contributed by atoms with Crippen LogP contribution in [-0.4, -0.2) is 41.7 Å². The summed E-state index contributed by atoms with van der Waals surface area (Å²) in [6.45, 7) is 2.16. The number of hydrogen-bond acceptors (Lipinski definition) is 6. The molecule has 0 unspecified atom stereocenters. The number of benzene rings is 2. The first-order chi connectivity index (χ1) is 14.5. The zero-order valence-corrected chi connectivity index (χ0v) is 16.8. The Hall–Kier alpha value is -3.68. The standard InChI is InChI=1S/C22H22N4O4/c1-14-7-9-15(10-8-14)21-24-19(30-25-21)11-12-20(27)26-13-18(22(28)23-2)29-17-6-4-3-5-16(17)26/h3-10,18H,11-13H2,1-2H3,(H,23,28)/t18-/m0/s1. The van der Waals surface area contributed by atoms with Crippen molar-refractivity contribution in [2.24, 2.45) is 0 Å². The molecule has 0 aliphatic carbocycles. The van der Waals surface area contributed by atoms with Crippen molar-refractivity contribution in [3.05, 3.63) is 60.0 Å². The van der Waals surface area contributed by atoms with Crippen LogP contribution in [0.15, 0.2) is 53.1 Å². The van der Waals surface area contributed by atoms with Gasteiger partial charge in [0.05, 0.1) is 12.2 Å². The molecule has 0 spiro atoms. The van der Waals surface area contributed by atoms with Crippen LogP contribution in [0.25, 0.3) is 11.4 Å². The second-order valence-electron chi connectivity index (χ2n) is 7.07. The van der Waals surface area contributed by atoms with E-state index in [-0.39, 0.29) is 24.8 Å². The van der Waals surface area contributed by atoms with Gasteiger partial charge in [-0.25, -0.2) is 0 Å². The SMILES string of the molecule is CNC(=O)[C@@H]1CN(C(=O)CCc2nc(-c3ccc(C)cc3)no2)c2ccccc2O1. The fourth-order valence-electron chi connectivity index (χ4n) is 3.29. The fourth-order valence-corrected chi connectivity index (χ4v) is 3.29. The molecule has 3 aromatic rings. The van der Waals surface area contributed by atoms with Crippen LogP contribution in [0.4, 0.5) is 5.69 Å². The minimum Gasteiger partial charge on any atom is -0.477 e. The average molecular weight is 406 g/mol. The number of rotatable bonds is 5. The summed E-state index contributed by atoms with van der Waals surface area (Å²) < 4.78 is 11.1. The quantitative estimate of drug-likeness (QED) is 0.699. The van der Waals surface area contributed by atoms with E-state index in [2.05, 4.69) is 15.5 Å². The molecule has 8 heteroatoms. The van der Waals surface area contributed by atoms with E-state index < -0.39 is 6.10 Å². The number of likely N-dealkylation sites (N-methyl/N-ethyl adjacent to an activating group) is 1. The smallest absolute Gasteiger partial charge is 0.262 e. The number of nitrogens with zero attached hydrogens (tertiary/aromatic N) is 3. The molecule has 0 bridgehead atoms. The molecule has 0 fully saturated rings. The highest BCUT2D eigenvalue weighted by Gasteiger charge is 2.33. The molecule has 4 rings (SSSR count). The van der Waals surface area contributed by atoms with Crippen molar-refractivity contribution < 1.29 is 18.8 Å². The van der Waals surface area contributed by atoms with Gasteiger partial charge in [-0.3, -0.25) is 9.59 Å². The fraction of sp³-hybridized carbons (Fsp3) is 0.273. The number of para-hydroxylation sites is 2. The molecular weight excluding hydrogens is 384 g/mol. The Balaban J connectivity index is 1.46. The van der Waals surface area contributed by atoms with E-state index >= 15 is 0 Å². The van der Waals surface area contributed by atoms with Crippen molar-refractivity contribution in [2.75, 3.05) is 18.5 Å². The van der Waals surface area contributed by atoms with Crippen LogP contribution in [0.2, 0.25) is 0 Å². The van der Waals surface area contributed by atoms with Gasteiger partial charge in [-0.05, 0) is 19.1 Å². The Labute approximate surface area is 173 Å². The molecule has 0 saturated heterocycles. The number of nitrogens with one attached hydrogen (secondary N) is 1. The first-order valence-corrected chi connectivity index (χ1v) is 9.72. The van der Waals surface area contributed by atoms with Crippen molar-refractivity contribution >= 4 is 17.5 Å². The summed E-state index contributed by atoms with van der Waals surface area (Å²) in [7, 11) is 1.54. The van der Waals surface area contributed by atoms with Crippen LogP contribution < -0.4 is 15.0 Å². The van der Waals surface area contributed by atoms with Gasteiger partial charge >= 0.3 is 0 Å². The monoisotopic (exact) mass is 406 g/mol. The van der Waals surface area contributed by atoms with Gasteiger partial charge in [-0.2, -0.15) is 4.98 Å². The van der Waals surface area contributed by atoms with Crippen LogP contribution in [0.1, 0.15) is 17.9 Å². The van der Waals surface area contributed by atoms with Crippen LogP contribution >= 0.6 is 0 Å². The molecule has 1 N–H and O–H groups in total. The van der Waals surface area contributed by atoms with E-state index in [1.807, 2.05) is 37.3 Å². The van der Waals surface area contributed by atoms with Gasteiger partial charge in [-0.1, -0.05) is 47.1 Å². The summed E-state index contributed by atoms with van der Waals surface area (Å²) in [5.74, 6) is 0.971. The largest absolute Gasteiger partial charge is 0.477 e. The normalized spacial score (nSPS) is 15.3. The Morgan fingerprint density at radius 1 is 1.17 bits per heavy atom. The van der Waals surface area contributed by atoms with Gasteiger partial charge in [0.25, 0.3) is 5.91 Å². The van der Waals surface area contributed by atoms with Gasteiger partial charge in [0.1, 0.15) is 5.75 Å². The molecular formula is C22H22N4O4. The van der Waals surface area contributed by atoms with Crippen LogP contribution in [0.3, 0.4) is 0 Å². The molecule has 2 aromatic carbocycles. The molecule has 30 heavy (non-hydrogen) atoms. The predicted octanol–water partition coefficient (Wildman–Crippen LogP) is 2.52. The number of hydrogen-bond donors (Lipinski definition) is 1. The van der Waals surface area contributed by atoms with Crippen LogP contribution in [0.5, 0.6) is 5.75 Å². The van der Waals surface area contributed by atoms with E-state index in [0.717, 1.165) is 11.1 Å². The summed E-state index contributed by atoms with van der Waals surface area (Å²) in [6, 6.07) is 15.0. The summed E-state index contributed by atoms with van der Waals surface area (Å²) in [4.78, 5) is 31.0. The van der Waals surface area contributed by atoms with Gasteiger partial charge < -0.3 is 19.5 Å². The van der Waals surface area contributed by atoms with Gasteiger partial charge in [0, 0.05) is 25.5 Å². The number of ether oxygens (including phenoxy) is 1. The number of anilines is 1. The third-order valence-corrected chi connectivity index (χ3v) is 4.94. The zero-order chi connectivity index (χ0) is 21.1. The highest BCUT2D eigenvalue weighted by Crippen LogP contribution is 2.33. The maximum Gasteiger partial charge on any atom is 0.262 e. The van der Waals surface area contributed by atoms with Gasteiger partial charge in [0.2, 0.25) is 17.6 Å². The average Bonchev–Trinajstić information content (AvgIpc) is 3.25. The van der Waals surface area contributed by atoms with Crippen molar-refractivity contribution in [3.63, 3.8) is 0 Å². The van der Waals surface area contributed by atoms with Crippen LogP contribution in [0, 0.1) is 6.92 Å².